The minimum atomic E-state index is -3.85. The number of thiol groups is 1. The summed E-state index contributed by atoms with van der Waals surface area (Å²) in [5, 5.41) is 8.59. The lowest BCUT2D eigenvalue weighted by Crippen LogP contribution is -2.37. The van der Waals surface area contributed by atoms with E-state index in [9.17, 15) is 13.2 Å². The number of nitrogens with one attached hydrogen (secondary N) is 1. The quantitative estimate of drug-likeness (QED) is 0.198. The smallest absolute Gasteiger partial charge is 0.251 e. The van der Waals surface area contributed by atoms with Crippen LogP contribution in [0.15, 0.2) is 65.6 Å². The molecule has 0 saturated heterocycles. The molecular weight excluding hydrogens is 541 g/mol. The standard InChI is InChI=1S/C31H38N4O3S2/c1-5-8-29-34-30-21(4)16-24(31(36)33-25(19-39)15-20(2)3)17-27(30)35(29)18-22-11-13-23(14-12-22)26-9-6-7-10-28(26)40(32,37)38/h6-7,9-14,16-17,20,25,39H,5,8,15,18-19H2,1-4H3,(H,33,36)(H2,32,37,38)/t25-/m1/s1. The third-order valence-corrected chi connectivity index (χ3v) is 8.38. The first kappa shape index (κ1) is 29.8. The lowest BCUT2D eigenvalue weighted by molar-refractivity contribution is 0.0937. The molecule has 0 unspecified atom stereocenters. The molecule has 1 atom stereocenters. The Kier molecular flexibility index (Phi) is 9.38. The number of sulfonamides is 1. The number of rotatable bonds is 11. The van der Waals surface area contributed by atoms with Crippen LogP contribution in [-0.2, 0) is 23.0 Å². The van der Waals surface area contributed by atoms with Crippen molar-refractivity contribution in [2.75, 3.05) is 5.75 Å². The van der Waals surface area contributed by atoms with Crippen molar-refractivity contribution in [2.45, 2.75) is 64.4 Å². The topological polar surface area (TPSA) is 107 Å². The van der Waals surface area contributed by atoms with Crippen molar-refractivity contribution < 1.29 is 13.2 Å². The van der Waals surface area contributed by atoms with Gasteiger partial charge in [0.2, 0.25) is 10.0 Å². The summed E-state index contributed by atoms with van der Waals surface area (Å²) in [5.41, 5.74) is 5.76. The zero-order chi connectivity index (χ0) is 29.0. The maximum Gasteiger partial charge on any atom is 0.251 e. The molecular formula is C31H38N4O3S2. The third-order valence-electron chi connectivity index (χ3n) is 6.97. The van der Waals surface area contributed by atoms with Crippen molar-refractivity contribution in [3.8, 4) is 11.1 Å². The third kappa shape index (κ3) is 6.77. The van der Waals surface area contributed by atoms with E-state index in [2.05, 4.69) is 43.3 Å². The first-order valence-corrected chi connectivity index (χ1v) is 15.8. The molecule has 1 heterocycles. The Hall–Kier alpha value is -3.14. The molecule has 3 aromatic carbocycles. The van der Waals surface area contributed by atoms with Crippen molar-refractivity contribution >= 4 is 39.6 Å². The molecule has 0 radical (unpaired) electrons. The van der Waals surface area contributed by atoms with Gasteiger partial charge in [-0.15, -0.1) is 0 Å². The Morgan fingerprint density at radius 3 is 2.42 bits per heavy atom. The van der Waals surface area contributed by atoms with E-state index in [1.807, 2.05) is 43.3 Å². The first-order chi connectivity index (χ1) is 19.0. The second kappa shape index (κ2) is 12.6. The van der Waals surface area contributed by atoms with E-state index in [4.69, 9.17) is 10.1 Å². The summed E-state index contributed by atoms with van der Waals surface area (Å²) in [5.74, 6) is 1.91. The van der Waals surface area contributed by atoms with Gasteiger partial charge in [-0.25, -0.2) is 18.5 Å². The zero-order valence-corrected chi connectivity index (χ0v) is 25.2. The van der Waals surface area contributed by atoms with Crippen LogP contribution < -0.4 is 10.5 Å². The minimum Gasteiger partial charge on any atom is -0.348 e. The fourth-order valence-electron chi connectivity index (χ4n) is 5.10. The molecule has 212 valence electrons. The van der Waals surface area contributed by atoms with Crippen LogP contribution in [0.5, 0.6) is 0 Å². The number of aromatic nitrogens is 2. The van der Waals surface area contributed by atoms with Crippen molar-refractivity contribution in [1.29, 1.82) is 0 Å². The summed E-state index contributed by atoms with van der Waals surface area (Å²) in [6, 6.07) is 18.4. The molecule has 1 amide bonds. The number of hydrogen-bond donors (Lipinski definition) is 3. The van der Waals surface area contributed by atoms with Gasteiger partial charge in [0, 0.05) is 35.9 Å². The van der Waals surface area contributed by atoms with Gasteiger partial charge in [-0.3, -0.25) is 4.79 Å². The molecule has 0 aliphatic heterocycles. The number of nitrogens with two attached hydrogens (primary N) is 1. The Labute approximate surface area is 242 Å². The van der Waals surface area contributed by atoms with Crippen LogP contribution in [0.3, 0.4) is 0 Å². The fourth-order valence-corrected chi connectivity index (χ4v) is 6.11. The van der Waals surface area contributed by atoms with E-state index >= 15 is 0 Å². The predicted octanol–water partition coefficient (Wildman–Crippen LogP) is 5.73. The van der Waals surface area contributed by atoms with E-state index in [1.165, 1.54) is 6.07 Å². The molecule has 0 bridgehead atoms. The number of nitrogens with zero attached hydrogens (tertiary/aromatic N) is 2. The molecule has 40 heavy (non-hydrogen) atoms. The van der Waals surface area contributed by atoms with Gasteiger partial charge in [0.05, 0.1) is 15.9 Å². The molecule has 0 saturated carbocycles. The van der Waals surface area contributed by atoms with E-state index in [0.29, 0.717) is 29.3 Å². The Morgan fingerprint density at radius 2 is 1.80 bits per heavy atom. The number of amides is 1. The van der Waals surface area contributed by atoms with Crippen LogP contribution in [0.25, 0.3) is 22.2 Å². The maximum absolute atomic E-state index is 13.2. The van der Waals surface area contributed by atoms with Gasteiger partial charge in [0.15, 0.2) is 0 Å². The monoisotopic (exact) mass is 578 g/mol. The van der Waals surface area contributed by atoms with Crippen molar-refractivity contribution in [3.63, 3.8) is 0 Å². The molecule has 3 N–H and O–H groups in total. The number of imidazole rings is 1. The molecule has 4 rings (SSSR count). The highest BCUT2D eigenvalue weighted by Gasteiger charge is 2.19. The van der Waals surface area contributed by atoms with Gasteiger partial charge in [-0.2, -0.15) is 12.6 Å². The van der Waals surface area contributed by atoms with Gasteiger partial charge >= 0.3 is 0 Å². The number of hydrogen-bond acceptors (Lipinski definition) is 5. The Morgan fingerprint density at radius 1 is 1.10 bits per heavy atom. The summed E-state index contributed by atoms with van der Waals surface area (Å²) in [4.78, 5) is 18.3. The summed E-state index contributed by atoms with van der Waals surface area (Å²) < 4.78 is 26.4. The van der Waals surface area contributed by atoms with Crippen LogP contribution in [0.1, 0.15) is 60.9 Å². The van der Waals surface area contributed by atoms with E-state index in [0.717, 1.165) is 52.8 Å². The molecule has 0 fully saturated rings. The SMILES string of the molecule is CCCc1nc2c(C)cc(C(=O)N[C@@H](CS)CC(C)C)cc2n1Cc1ccc(-c2ccccc2S(N)(=O)=O)cc1. The predicted molar refractivity (Wildman–Crippen MR) is 165 cm³/mol. The molecule has 7 nitrogen and oxygen atoms in total. The molecule has 0 aliphatic rings. The lowest BCUT2D eigenvalue weighted by atomic mass is 10.0. The summed E-state index contributed by atoms with van der Waals surface area (Å²) in [6.07, 6.45) is 2.62. The van der Waals surface area contributed by atoms with E-state index in [1.54, 1.807) is 18.2 Å². The van der Waals surface area contributed by atoms with Gasteiger partial charge in [-0.1, -0.05) is 63.2 Å². The van der Waals surface area contributed by atoms with Crippen molar-refractivity contribution in [3.05, 3.63) is 83.2 Å². The molecule has 4 aromatic rings. The van der Waals surface area contributed by atoms with Crippen LogP contribution in [0.4, 0.5) is 0 Å². The van der Waals surface area contributed by atoms with Crippen LogP contribution in [-0.4, -0.2) is 35.7 Å². The number of carbonyl (C=O) groups excluding carboxylic acids is 1. The highest BCUT2D eigenvalue weighted by molar-refractivity contribution is 7.89. The van der Waals surface area contributed by atoms with Crippen LogP contribution in [0.2, 0.25) is 0 Å². The van der Waals surface area contributed by atoms with E-state index in [-0.39, 0.29) is 16.8 Å². The summed E-state index contributed by atoms with van der Waals surface area (Å²) in [6.45, 7) is 8.96. The molecule has 0 aliphatic carbocycles. The van der Waals surface area contributed by atoms with Gasteiger partial charge < -0.3 is 9.88 Å². The van der Waals surface area contributed by atoms with Crippen LogP contribution in [0, 0.1) is 12.8 Å². The minimum absolute atomic E-state index is 0.00491. The second-order valence-corrected chi connectivity index (χ2v) is 12.6. The van der Waals surface area contributed by atoms with Gasteiger partial charge in [0.25, 0.3) is 5.91 Å². The highest BCUT2D eigenvalue weighted by atomic mass is 32.2. The average molecular weight is 579 g/mol. The maximum atomic E-state index is 13.2. The molecule has 9 heteroatoms. The largest absolute Gasteiger partial charge is 0.348 e. The number of aryl methyl sites for hydroxylation is 2. The van der Waals surface area contributed by atoms with Crippen molar-refractivity contribution in [2.24, 2.45) is 11.1 Å². The van der Waals surface area contributed by atoms with Crippen LogP contribution >= 0.6 is 12.6 Å². The number of primary sulfonamides is 1. The number of benzene rings is 3. The zero-order valence-electron chi connectivity index (χ0n) is 23.5. The van der Waals surface area contributed by atoms with E-state index < -0.39 is 10.0 Å². The second-order valence-electron chi connectivity index (χ2n) is 10.7. The summed E-state index contributed by atoms with van der Waals surface area (Å²) >= 11 is 4.44. The summed E-state index contributed by atoms with van der Waals surface area (Å²) in [7, 11) is -3.85. The molecule has 1 aromatic heterocycles. The number of fused-ring (bicyclic) bond motifs is 1. The van der Waals surface area contributed by atoms with Gasteiger partial charge in [0.1, 0.15) is 5.82 Å². The van der Waals surface area contributed by atoms with Crippen molar-refractivity contribution in [1.82, 2.24) is 14.9 Å². The lowest BCUT2D eigenvalue weighted by Gasteiger charge is -2.19. The normalized spacial score (nSPS) is 12.7. The fraction of sp³-hybridized carbons (Fsp3) is 0.355. The number of carbonyl (C=O) groups is 1. The van der Waals surface area contributed by atoms with Gasteiger partial charge in [-0.05, 0) is 60.6 Å². The average Bonchev–Trinajstić information content (AvgIpc) is 3.25. The molecule has 0 spiro atoms. The Bertz CT molecular complexity index is 1610. The highest BCUT2D eigenvalue weighted by Crippen LogP contribution is 2.28. The Balaban J connectivity index is 1.69. The first-order valence-electron chi connectivity index (χ1n) is 13.6.